The first kappa shape index (κ1) is 15.0. The summed E-state index contributed by atoms with van der Waals surface area (Å²) in [5.74, 6) is -0.0368. The SMILES string of the molecule is COc1cccc(N=C(NC#N)SC)c1OC(F)F. The number of para-hydroxylation sites is 1. The van der Waals surface area contributed by atoms with Gasteiger partial charge in [0.15, 0.2) is 22.9 Å². The minimum absolute atomic E-state index is 0.138. The van der Waals surface area contributed by atoms with Crippen LogP contribution in [0.25, 0.3) is 0 Å². The molecule has 1 rings (SSSR count). The van der Waals surface area contributed by atoms with Gasteiger partial charge in [-0.2, -0.15) is 14.0 Å². The largest absolute Gasteiger partial charge is 0.493 e. The van der Waals surface area contributed by atoms with Crippen molar-refractivity contribution >= 4 is 22.6 Å². The van der Waals surface area contributed by atoms with Crippen molar-refractivity contribution in [3.05, 3.63) is 18.2 Å². The number of hydrogen-bond donors (Lipinski definition) is 1. The zero-order valence-electron chi connectivity index (χ0n) is 10.2. The van der Waals surface area contributed by atoms with Crippen LogP contribution in [0.2, 0.25) is 0 Å². The van der Waals surface area contributed by atoms with E-state index in [0.717, 1.165) is 11.8 Å². The summed E-state index contributed by atoms with van der Waals surface area (Å²) in [6.07, 6.45) is 3.40. The molecule has 1 N–H and O–H groups in total. The van der Waals surface area contributed by atoms with E-state index in [9.17, 15) is 8.78 Å². The fourth-order valence-electron chi connectivity index (χ4n) is 1.24. The number of thioether (sulfide) groups is 1. The van der Waals surface area contributed by atoms with E-state index in [4.69, 9.17) is 10.00 Å². The highest BCUT2D eigenvalue weighted by Gasteiger charge is 2.15. The molecule has 0 amide bonds. The molecule has 0 aliphatic rings. The number of nitriles is 1. The van der Waals surface area contributed by atoms with E-state index >= 15 is 0 Å². The van der Waals surface area contributed by atoms with Gasteiger partial charge in [-0.1, -0.05) is 17.8 Å². The predicted molar refractivity (Wildman–Crippen MR) is 69.0 cm³/mol. The molecule has 0 aliphatic carbocycles. The van der Waals surface area contributed by atoms with Gasteiger partial charge in [-0.3, -0.25) is 5.32 Å². The van der Waals surface area contributed by atoms with Gasteiger partial charge >= 0.3 is 6.61 Å². The molecule has 5 nitrogen and oxygen atoms in total. The van der Waals surface area contributed by atoms with Crippen molar-refractivity contribution < 1.29 is 18.3 Å². The Bertz CT molecular complexity index is 503. The molecular weight excluding hydrogens is 276 g/mol. The second-order valence-electron chi connectivity index (χ2n) is 3.04. The first-order valence-electron chi connectivity index (χ1n) is 5.02. The van der Waals surface area contributed by atoms with Crippen molar-refractivity contribution in [2.24, 2.45) is 4.99 Å². The molecule has 0 unspecified atom stereocenters. The van der Waals surface area contributed by atoms with E-state index in [1.165, 1.54) is 19.2 Å². The third-order valence-corrected chi connectivity index (χ3v) is 2.54. The number of hydrogen-bond acceptors (Lipinski definition) is 5. The molecule has 0 atom stereocenters. The Morgan fingerprint density at radius 2 is 2.26 bits per heavy atom. The fourth-order valence-corrected chi connectivity index (χ4v) is 1.58. The van der Waals surface area contributed by atoms with Gasteiger partial charge in [0.25, 0.3) is 0 Å². The van der Waals surface area contributed by atoms with Crippen LogP contribution in [0, 0.1) is 11.5 Å². The molecule has 0 fully saturated rings. The number of nitrogens with zero attached hydrogens (tertiary/aromatic N) is 2. The number of aliphatic imine (C=N–C) groups is 1. The van der Waals surface area contributed by atoms with Gasteiger partial charge < -0.3 is 9.47 Å². The van der Waals surface area contributed by atoms with E-state index in [0.29, 0.717) is 0 Å². The number of alkyl halides is 2. The summed E-state index contributed by atoms with van der Waals surface area (Å²) < 4.78 is 34.1. The zero-order valence-corrected chi connectivity index (χ0v) is 11.0. The molecule has 1 aromatic rings. The molecule has 0 heterocycles. The molecule has 0 saturated heterocycles. The molecule has 1 aromatic carbocycles. The van der Waals surface area contributed by atoms with Crippen molar-refractivity contribution in [3.63, 3.8) is 0 Å². The standard InChI is InChI=1S/C11H11F2N3O2S/c1-17-8-5-3-4-7(9(8)18-10(12)13)16-11(19-2)15-6-14/h3-5,10H,1-2H3,(H,15,16). The second kappa shape index (κ2) is 7.43. The Labute approximate surface area is 113 Å². The van der Waals surface area contributed by atoms with Crippen molar-refractivity contribution in [1.82, 2.24) is 5.32 Å². The van der Waals surface area contributed by atoms with Crippen LogP contribution < -0.4 is 14.8 Å². The van der Waals surface area contributed by atoms with Gasteiger partial charge in [-0.25, -0.2) is 4.99 Å². The Hall–Kier alpha value is -2.01. The average molecular weight is 287 g/mol. The molecule has 0 spiro atoms. The first-order valence-corrected chi connectivity index (χ1v) is 6.24. The third kappa shape index (κ3) is 4.30. The van der Waals surface area contributed by atoms with Crippen LogP contribution >= 0.6 is 11.8 Å². The summed E-state index contributed by atoms with van der Waals surface area (Å²) in [7, 11) is 1.34. The van der Waals surface area contributed by atoms with Crippen molar-refractivity contribution in [1.29, 1.82) is 5.26 Å². The highest BCUT2D eigenvalue weighted by Crippen LogP contribution is 2.38. The summed E-state index contributed by atoms with van der Waals surface area (Å²) in [5, 5.41) is 11.1. The lowest BCUT2D eigenvalue weighted by molar-refractivity contribution is -0.0507. The third-order valence-electron chi connectivity index (χ3n) is 1.96. The number of ether oxygens (including phenoxy) is 2. The molecule has 19 heavy (non-hydrogen) atoms. The van der Waals surface area contributed by atoms with Crippen LogP contribution in [-0.2, 0) is 0 Å². The van der Waals surface area contributed by atoms with Crippen molar-refractivity contribution in [3.8, 4) is 17.7 Å². The van der Waals surface area contributed by atoms with Gasteiger partial charge in [0.05, 0.1) is 7.11 Å². The lowest BCUT2D eigenvalue weighted by Crippen LogP contribution is -2.12. The first-order chi connectivity index (χ1) is 9.12. The molecule has 0 radical (unpaired) electrons. The zero-order chi connectivity index (χ0) is 14.3. The van der Waals surface area contributed by atoms with Crippen LogP contribution in [0.1, 0.15) is 0 Å². The lowest BCUT2D eigenvalue weighted by atomic mass is 10.3. The Morgan fingerprint density at radius 1 is 1.53 bits per heavy atom. The number of benzene rings is 1. The Morgan fingerprint density at radius 3 is 2.79 bits per heavy atom. The molecule has 8 heteroatoms. The van der Waals surface area contributed by atoms with Crippen LogP contribution in [0.4, 0.5) is 14.5 Å². The minimum Gasteiger partial charge on any atom is -0.493 e. The monoisotopic (exact) mass is 287 g/mol. The van der Waals surface area contributed by atoms with Crippen LogP contribution in [0.15, 0.2) is 23.2 Å². The maximum atomic E-state index is 12.4. The quantitative estimate of drug-likeness (QED) is 0.399. The molecule has 0 saturated carbocycles. The summed E-state index contributed by atoms with van der Waals surface area (Å²) in [4.78, 5) is 4.04. The van der Waals surface area contributed by atoms with Crippen LogP contribution in [-0.4, -0.2) is 25.1 Å². The summed E-state index contributed by atoms with van der Waals surface area (Å²) in [6.45, 7) is -2.99. The lowest BCUT2D eigenvalue weighted by Gasteiger charge is -2.12. The summed E-state index contributed by atoms with van der Waals surface area (Å²) in [6, 6.07) is 4.54. The van der Waals surface area contributed by atoms with E-state index < -0.39 is 6.61 Å². The average Bonchev–Trinajstić information content (AvgIpc) is 2.39. The smallest absolute Gasteiger partial charge is 0.387 e. The maximum Gasteiger partial charge on any atom is 0.387 e. The predicted octanol–water partition coefficient (Wildman–Crippen LogP) is 2.72. The summed E-state index contributed by atoms with van der Waals surface area (Å²) in [5.41, 5.74) is 0.145. The van der Waals surface area contributed by atoms with E-state index in [2.05, 4.69) is 15.0 Å². The van der Waals surface area contributed by atoms with E-state index in [1.807, 2.05) is 0 Å². The van der Waals surface area contributed by atoms with Gasteiger partial charge in [-0.15, -0.1) is 0 Å². The number of nitrogens with one attached hydrogen (secondary N) is 1. The highest BCUT2D eigenvalue weighted by atomic mass is 32.2. The van der Waals surface area contributed by atoms with Crippen LogP contribution in [0.5, 0.6) is 11.5 Å². The van der Waals surface area contributed by atoms with Gasteiger partial charge in [0.2, 0.25) is 0 Å². The topological polar surface area (TPSA) is 66.6 Å². The maximum absolute atomic E-state index is 12.4. The Kier molecular flexibility index (Phi) is 5.89. The normalized spacial score (nSPS) is 11.1. The number of methoxy groups -OCH3 is 1. The molecular formula is C11H11F2N3O2S. The van der Waals surface area contributed by atoms with E-state index in [1.54, 1.807) is 18.5 Å². The molecule has 0 aromatic heterocycles. The molecule has 0 aliphatic heterocycles. The Balaban J connectivity index is 3.22. The fraction of sp³-hybridized carbons (Fsp3) is 0.273. The van der Waals surface area contributed by atoms with E-state index in [-0.39, 0.29) is 22.4 Å². The molecule has 102 valence electrons. The number of rotatable bonds is 4. The number of amidine groups is 1. The van der Waals surface area contributed by atoms with Crippen molar-refractivity contribution in [2.75, 3.05) is 13.4 Å². The minimum atomic E-state index is -2.99. The number of halogens is 2. The van der Waals surface area contributed by atoms with Gasteiger partial charge in [0, 0.05) is 0 Å². The van der Waals surface area contributed by atoms with Crippen LogP contribution in [0.3, 0.4) is 0 Å². The summed E-state index contributed by atoms with van der Waals surface area (Å²) >= 11 is 1.16. The van der Waals surface area contributed by atoms with Crippen molar-refractivity contribution in [2.45, 2.75) is 6.61 Å². The molecule has 0 bridgehead atoms. The second-order valence-corrected chi connectivity index (χ2v) is 3.84. The highest BCUT2D eigenvalue weighted by molar-refractivity contribution is 8.13. The van der Waals surface area contributed by atoms with Gasteiger partial charge in [-0.05, 0) is 18.4 Å². The van der Waals surface area contributed by atoms with Gasteiger partial charge in [0.1, 0.15) is 5.69 Å².